The van der Waals surface area contributed by atoms with E-state index in [-0.39, 0.29) is 5.97 Å². The molecule has 5 heteroatoms. The lowest BCUT2D eigenvalue weighted by Gasteiger charge is -2.04. The molecule has 1 rings (SSSR count). The normalized spacial score (nSPS) is 10.9. The minimum absolute atomic E-state index is 0.276. The first-order valence-electron chi connectivity index (χ1n) is 5.88. The molecule has 0 fully saturated rings. The first-order chi connectivity index (χ1) is 8.08. The van der Waals surface area contributed by atoms with Crippen molar-refractivity contribution in [2.24, 2.45) is 0 Å². The number of aromatic nitrogens is 1. The van der Waals surface area contributed by atoms with Crippen LogP contribution in [0, 0.1) is 0 Å². The smallest absolute Gasteiger partial charge is 0.349 e. The Kier molecular flexibility index (Phi) is 5.58. The van der Waals surface area contributed by atoms with Crippen LogP contribution < -0.4 is 5.32 Å². The highest BCUT2D eigenvalue weighted by atomic mass is 32.1. The number of aryl methyl sites for hydroxylation is 1. The van der Waals surface area contributed by atoms with Gasteiger partial charge in [-0.1, -0.05) is 27.2 Å². The van der Waals surface area contributed by atoms with E-state index < -0.39 is 0 Å². The van der Waals surface area contributed by atoms with Gasteiger partial charge < -0.3 is 10.1 Å². The number of thiazole rings is 1. The lowest BCUT2D eigenvalue weighted by molar-refractivity contribution is 0.0605. The van der Waals surface area contributed by atoms with Gasteiger partial charge in [-0.2, -0.15) is 0 Å². The molecule has 0 saturated heterocycles. The second-order valence-corrected chi connectivity index (χ2v) is 5.24. The third kappa shape index (κ3) is 4.09. The second kappa shape index (κ2) is 6.71. The molecule has 1 N–H and O–H groups in total. The van der Waals surface area contributed by atoms with Gasteiger partial charge in [0.15, 0.2) is 0 Å². The highest BCUT2D eigenvalue weighted by molar-refractivity contribution is 7.13. The largest absolute Gasteiger partial charge is 0.465 e. The number of nitrogens with zero attached hydrogens (tertiary/aromatic N) is 1. The topological polar surface area (TPSA) is 51.2 Å². The average Bonchev–Trinajstić information content (AvgIpc) is 2.69. The quantitative estimate of drug-likeness (QED) is 0.794. The van der Waals surface area contributed by atoms with Crippen molar-refractivity contribution in [3.63, 3.8) is 0 Å². The number of rotatable bonds is 6. The Labute approximate surface area is 106 Å². The van der Waals surface area contributed by atoms with E-state index in [2.05, 4.69) is 31.1 Å². The third-order valence-corrected chi connectivity index (χ3v) is 3.34. The Morgan fingerprint density at radius 3 is 2.76 bits per heavy atom. The van der Waals surface area contributed by atoms with Crippen LogP contribution >= 0.6 is 11.3 Å². The van der Waals surface area contributed by atoms with Crippen LogP contribution in [0.25, 0.3) is 0 Å². The molecule has 17 heavy (non-hydrogen) atoms. The monoisotopic (exact) mass is 256 g/mol. The molecule has 0 amide bonds. The molecule has 0 unspecified atom stereocenters. The maximum atomic E-state index is 11.6. The van der Waals surface area contributed by atoms with Crippen molar-refractivity contribution in [3.8, 4) is 0 Å². The van der Waals surface area contributed by atoms with Crippen molar-refractivity contribution in [1.82, 2.24) is 10.3 Å². The van der Waals surface area contributed by atoms with E-state index in [9.17, 15) is 4.79 Å². The minimum Gasteiger partial charge on any atom is -0.465 e. The molecule has 1 aromatic heterocycles. The van der Waals surface area contributed by atoms with Gasteiger partial charge in [0.2, 0.25) is 0 Å². The number of hydrogen-bond donors (Lipinski definition) is 1. The fraction of sp³-hybridized carbons (Fsp3) is 0.667. The van der Waals surface area contributed by atoms with Gasteiger partial charge in [0.1, 0.15) is 9.88 Å². The standard InChI is InChI=1S/C12H20N2O2S/c1-5-6-9-11(12(15)16-4)17-10(14-9)7-13-8(2)3/h8,13H,5-7H2,1-4H3. The Hall–Kier alpha value is -0.940. The Morgan fingerprint density at radius 2 is 2.24 bits per heavy atom. The molecule has 0 aliphatic heterocycles. The van der Waals surface area contributed by atoms with E-state index >= 15 is 0 Å². The Bertz CT molecular complexity index is 375. The number of methoxy groups -OCH3 is 1. The molecule has 0 radical (unpaired) electrons. The number of carbonyl (C=O) groups is 1. The fourth-order valence-corrected chi connectivity index (χ4v) is 2.41. The number of hydrogen-bond acceptors (Lipinski definition) is 5. The first-order valence-corrected chi connectivity index (χ1v) is 6.70. The van der Waals surface area contributed by atoms with E-state index in [0.717, 1.165) is 23.5 Å². The maximum absolute atomic E-state index is 11.6. The number of ether oxygens (including phenoxy) is 1. The van der Waals surface area contributed by atoms with Crippen LogP contribution in [-0.4, -0.2) is 24.1 Å². The molecule has 4 nitrogen and oxygen atoms in total. The number of nitrogens with one attached hydrogen (secondary N) is 1. The molecular weight excluding hydrogens is 236 g/mol. The van der Waals surface area contributed by atoms with Crippen molar-refractivity contribution in [2.45, 2.75) is 46.2 Å². The highest BCUT2D eigenvalue weighted by Gasteiger charge is 2.17. The zero-order chi connectivity index (χ0) is 12.8. The molecule has 0 aliphatic rings. The fourth-order valence-electron chi connectivity index (χ4n) is 1.43. The van der Waals surface area contributed by atoms with Gasteiger partial charge in [-0.25, -0.2) is 9.78 Å². The summed E-state index contributed by atoms with van der Waals surface area (Å²) >= 11 is 1.43. The zero-order valence-corrected chi connectivity index (χ0v) is 11.7. The van der Waals surface area contributed by atoms with Crippen LogP contribution in [0.3, 0.4) is 0 Å². The molecule has 0 bridgehead atoms. The molecule has 0 atom stereocenters. The van der Waals surface area contributed by atoms with Crippen molar-refractivity contribution in [2.75, 3.05) is 7.11 Å². The summed E-state index contributed by atoms with van der Waals surface area (Å²) in [6.07, 6.45) is 1.80. The van der Waals surface area contributed by atoms with E-state index in [1.165, 1.54) is 18.4 Å². The average molecular weight is 256 g/mol. The van der Waals surface area contributed by atoms with E-state index in [0.29, 0.717) is 17.5 Å². The van der Waals surface area contributed by atoms with Gasteiger partial charge in [0.25, 0.3) is 0 Å². The minimum atomic E-state index is -0.276. The molecule has 1 heterocycles. The summed E-state index contributed by atoms with van der Waals surface area (Å²) in [5.41, 5.74) is 0.866. The Morgan fingerprint density at radius 1 is 1.53 bits per heavy atom. The van der Waals surface area contributed by atoms with Crippen LogP contribution in [-0.2, 0) is 17.7 Å². The van der Waals surface area contributed by atoms with Gasteiger partial charge in [-0.3, -0.25) is 0 Å². The zero-order valence-electron chi connectivity index (χ0n) is 10.9. The summed E-state index contributed by atoms with van der Waals surface area (Å²) in [5.74, 6) is -0.276. The molecular formula is C12H20N2O2S. The second-order valence-electron chi connectivity index (χ2n) is 4.16. The van der Waals surface area contributed by atoms with E-state index in [4.69, 9.17) is 4.74 Å². The van der Waals surface area contributed by atoms with Crippen molar-refractivity contribution in [1.29, 1.82) is 0 Å². The predicted molar refractivity (Wildman–Crippen MR) is 69.4 cm³/mol. The van der Waals surface area contributed by atoms with Crippen molar-refractivity contribution < 1.29 is 9.53 Å². The summed E-state index contributed by atoms with van der Waals surface area (Å²) in [5, 5.41) is 4.24. The van der Waals surface area contributed by atoms with E-state index in [1.807, 2.05) is 0 Å². The summed E-state index contributed by atoms with van der Waals surface area (Å²) in [7, 11) is 1.41. The van der Waals surface area contributed by atoms with E-state index in [1.54, 1.807) is 0 Å². The summed E-state index contributed by atoms with van der Waals surface area (Å²) in [6, 6.07) is 0.412. The molecule has 0 saturated carbocycles. The molecule has 1 aromatic rings. The van der Waals surface area contributed by atoms with Gasteiger partial charge in [-0.05, 0) is 6.42 Å². The van der Waals surface area contributed by atoms with Gasteiger partial charge >= 0.3 is 5.97 Å². The van der Waals surface area contributed by atoms with Gasteiger partial charge in [0, 0.05) is 12.6 Å². The summed E-state index contributed by atoms with van der Waals surface area (Å²) in [4.78, 5) is 16.7. The highest BCUT2D eigenvalue weighted by Crippen LogP contribution is 2.21. The van der Waals surface area contributed by atoms with Crippen molar-refractivity contribution in [3.05, 3.63) is 15.6 Å². The lowest BCUT2D eigenvalue weighted by atomic mass is 10.2. The van der Waals surface area contributed by atoms with Gasteiger partial charge in [0.05, 0.1) is 12.8 Å². The number of carbonyl (C=O) groups excluding carboxylic acids is 1. The predicted octanol–water partition coefficient (Wildman–Crippen LogP) is 2.38. The molecule has 0 aromatic carbocycles. The van der Waals surface area contributed by atoms with Crippen LogP contribution in [0.5, 0.6) is 0 Å². The van der Waals surface area contributed by atoms with Gasteiger partial charge in [-0.15, -0.1) is 11.3 Å². The number of esters is 1. The molecule has 0 aliphatic carbocycles. The van der Waals surface area contributed by atoms with Crippen LogP contribution in [0.2, 0.25) is 0 Å². The lowest BCUT2D eigenvalue weighted by Crippen LogP contribution is -2.21. The Balaban J connectivity index is 2.83. The third-order valence-electron chi connectivity index (χ3n) is 2.26. The van der Waals surface area contributed by atoms with Crippen LogP contribution in [0.15, 0.2) is 0 Å². The molecule has 0 spiro atoms. The molecule has 96 valence electrons. The maximum Gasteiger partial charge on any atom is 0.349 e. The van der Waals surface area contributed by atoms with Crippen molar-refractivity contribution >= 4 is 17.3 Å². The first kappa shape index (κ1) is 14.1. The SMILES string of the molecule is CCCc1nc(CNC(C)C)sc1C(=O)OC. The summed E-state index contributed by atoms with van der Waals surface area (Å²) < 4.78 is 4.77. The van der Waals surface area contributed by atoms with Crippen LogP contribution in [0.1, 0.15) is 47.6 Å². The van der Waals surface area contributed by atoms with Crippen LogP contribution in [0.4, 0.5) is 0 Å². The summed E-state index contributed by atoms with van der Waals surface area (Å²) in [6.45, 7) is 6.95.